The zero-order valence-electron chi connectivity index (χ0n) is 8.17. The van der Waals surface area contributed by atoms with Crippen molar-refractivity contribution in [1.29, 1.82) is 0 Å². The highest BCUT2D eigenvalue weighted by molar-refractivity contribution is 5.87. The molecule has 0 saturated carbocycles. The minimum atomic E-state index is -0.225. The minimum Gasteiger partial charge on any atom is -0.355 e. The largest absolute Gasteiger partial charge is 0.355 e. The standard InChI is InChI=1S/C9H16N2O2/c1-3-10-9(13)8-5-4-6-11(8)7(2)12/h8H,3-6H2,1-2H3,(H,10,13). The van der Waals surface area contributed by atoms with Gasteiger partial charge in [0.2, 0.25) is 11.8 Å². The van der Waals surface area contributed by atoms with Gasteiger partial charge < -0.3 is 10.2 Å². The fourth-order valence-corrected chi connectivity index (χ4v) is 1.71. The van der Waals surface area contributed by atoms with Crippen LogP contribution in [0.5, 0.6) is 0 Å². The Morgan fingerprint density at radius 2 is 2.23 bits per heavy atom. The number of hydrogen-bond acceptors (Lipinski definition) is 2. The molecule has 1 N–H and O–H groups in total. The molecule has 1 rings (SSSR count). The maximum absolute atomic E-state index is 11.5. The average molecular weight is 184 g/mol. The second-order valence-electron chi connectivity index (χ2n) is 3.27. The summed E-state index contributed by atoms with van der Waals surface area (Å²) < 4.78 is 0. The molecular weight excluding hydrogens is 168 g/mol. The van der Waals surface area contributed by atoms with Gasteiger partial charge in [-0.2, -0.15) is 0 Å². The van der Waals surface area contributed by atoms with E-state index >= 15 is 0 Å². The van der Waals surface area contributed by atoms with E-state index in [1.165, 1.54) is 6.92 Å². The van der Waals surface area contributed by atoms with Crippen molar-refractivity contribution in [1.82, 2.24) is 10.2 Å². The summed E-state index contributed by atoms with van der Waals surface area (Å²) in [4.78, 5) is 24.2. The van der Waals surface area contributed by atoms with Crippen LogP contribution in [0.25, 0.3) is 0 Å². The highest BCUT2D eigenvalue weighted by Gasteiger charge is 2.31. The molecule has 1 aliphatic heterocycles. The molecule has 1 aliphatic rings. The van der Waals surface area contributed by atoms with Crippen LogP contribution < -0.4 is 5.32 Å². The molecule has 0 aromatic rings. The topological polar surface area (TPSA) is 49.4 Å². The maximum atomic E-state index is 11.5. The second kappa shape index (κ2) is 4.25. The van der Waals surface area contributed by atoms with Gasteiger partial charge >= 0.3 is 0 Å². The summed E-state index contributed by atoms with van der Waals surface area (Å²) in [5.41, 5.74) is 0. The molecule has 0 radical (unpaired) electrons. The van der Waals surface area contributed by atoms with E-state index in [0.29, 0.717) is 6.54 Å². The molecule has 1 saturated heterocycles. The summed E-state index contributed by atoms with van der Waals surface area (Å²) in [5.74, 6) is -0.0241. The van der Waals surface area contributed by atoms with Crippen molar-refractivity contribution in [3.05, 3.63) is 0 Å². The SMILES string of the molecule is CCNC(=O)C1CCCN1C(C)=O. The molecule has 1 heterocycles. The molecule has 0 bridgehead atoms. The van der Waals surface area contributed by atoms with Crippen molar-refractivity contribution in [2.75, 3.05) is 13.1 Å². The molecular formula is C9H16N2O2. The van der Waals surface area contributed by atoms with E-state index in [-0.39, 0.29) is 17.9 Å². The summed E-state index contributed by atoms with van der Waals surface area (Å²) in [6.07, 6.45) is 1.73. The first-order valence-corrected chi connectivity index (χ1v) is 4.71. The van der Waals surface area contributed by atoms with Crippen molar-refractivity contribution in [2.45, 2.75) is 32.7 Å². The van der Waals surface area contributed by atoms with E-state index in [0.717, 1.165) is 19.4 Å². The highest BCUT2D eigenvalue weighted by Crippen LogP contribution is 2.16. The summed E-state index contributed by atoms with van der Waals surface area (Å²) in [7, 11) is 0. The molecule has 13 heavy (non-hydrogen) atoms. The molecule has 0 spiro atoms. The summed E-state index contributed by atoms with van der Waals surface area (Å²) in [6.45, 7) is 4.74. The summed E-state index contributed by atoms with van der Waals surface area (Å²) >= 11 is 0. The summed E-state index contributed by atoms with van der Waals surface area (Å²) in [5, 5.41) is 2.74. The van der Waals surface area contributed by atoms with Gasteiger partial charge in [0.15, 0.2) is 0 Å². The zero-order valence-corrected chi connectivity index (χ0v) is 8.17. The Balaban J connectivity index is 2.57. The van der Waals surface area contributed by atoms with E-state index in [4.69, 9.17) is 0 Å². The first kappa shape index (κ1) is 10.0. The molecule has 4 heteroatoms. The fraction of sp³-hybridized carbons (Fsp3) is 0.778. The lowest BCUT2D eigenvalue weighted by Gasteiger charge is -2.21. The predicted octanol–water partition coefficient (Wildman–Crippen LogP) is 0.133. The van der Waals surface area contributed by atoms with Gasteiger partial charge in [-0.05, 0) is 19.8 Å². The quantitative estimate of drug-likeness (QED) is 0.663. The number of likely N-dealkylation sites (tertiary alicyclic amines) is 1. The summed E-state index contributed by atoms with van der Waals surface area (Å²) in [6, 6.07) is -0.225. The van der Waals surface area contributed by atoms with Crippen molar-refractivity contribution in [2.24, 2.45) is 0 Å². The van der Waals surface area contributed by atoms with Crippen LogP contribution in [0.4, 0.5) is 0 Å². The average Bonchev–Trinajstić information content (AvgIpc) is 2.52. The Bertz CT molecular complexity index is 216. The number of likely N-dealkylation sites (N-methyl/N-ethyl adjacent to an activating group) is 1. The first-order valence-electron chi connectivity index (χ1n) is 4.71. The number of carbonyl (C=O) groups excluding carboxylic acids is 2. The van der Waals surface area contributed by atoms with Crippen molar-refractivity contribution in [3.8, 4) is 0 Å². The zero-order chi connectivity index (χ0) is 9.84. The molecule has 0 aliphatic carbocycles. The number of hydrogen-bond donors (Lipinski definition) is 1. The van der Waals surface area contributed by atoms with Crippen LogP contribution in [0.2, 0.25) is 0 Å². The van der Waals surface area contributed by atoms with Crippen LogP contribution in [-0.4, -0.2) is 35.8 Å². The third kappa shape index (κ3) is 2.20. The number of rotatable bonds is 2. The third-order valence-electron chi connectivity index (χ3n) is 2.31. The predicted molar refractivity (Wildman–Crippen MR) is 49.1 cm³/mol. The molecule has 4 nitrogen and oxygen atoms in total. The van der Waals surface area contributed by atoms with Crippen molar-refractivity contribution >= 4 is 11.8 Å². The van der Waals surface area contributed by atoms with E-state index in [2.05, 4.69) is 5.32 Å². The Labute approximate surface area is 78.3 Å². The fourth-order valence-electron chi connectivity index (χ4n) is 1.71. The second-order valence-corrected chi connectivity index (χ2v) is 3.27. The molecule has 0 aromatic heterocycles. The minimum absolute atomic E-state index is 0.00578. The van der Waals surface area contributed by atoms with Crippen molar-refractivity contribution in [3.63, 3.8) is 0 Å². The lowest BCUT2D eigenvalue weighted by molar-refractivity contribution is -0.136. The van der Waals surface area contributed by atoms with Crippen LogP contribution in [0.15, 0.2) is 0 Å². The van der Waals surface area contributed by atoms with Crippen LogP contribution in [-0.2, 0) is 9.59 Å². The van der Waals surface area contributed by atoms with Crippen LogP contribution in [0, 0.1) is 0 Å². The van der Waals surface area contributed by atoms with Gasteiger partial charge in [0.05, 0.1) is 0 Å². The molecule has 1 atom stereocenters. The molecule has 2 amide bonds. The monoisotopic (exact) mass is 184 g/mol. The Kier molecular flexibility index (Phi) is 3.28. The smallest absolute Gasteiger partial charge is 0.242 e. The van der Waals surface area contributed by atoms with Crippen LogP contribution in [0.3, 0.4) is 0 Å². The Morgan fingerprint density at radius 1 is 1.54 bits per heavy atom. The number of amides is 2. The number of carbonyl (C=O) groups is 2. The van der Waals surface area contributed by atoms with Crippen molar-refractivity contribution < 1.29 is 9.59 Å². The van der Waals surface area contributed by atoms with Gasteiger partial charge in [0.25, 0.3) is 0 Å². The Hall–Kier alpha value is -1.06. The highest BCUT2D eigenvalue weighted by atomic mass is 16.2. The van der Waals surface area contributed by atoms with Gasteiger partial charge in [-0.3, -0.25) is 9.59 Å². The lowest BCUT2D eigenvalue weighted by Crippen LogP contribution is -2.45. The van der Waals surface area contributed by atoms with Crippen LogP contribution >= 0.6 is 0 Å². The van der Waals surface area contributed by atoms with Gasteiger partial charge in [-0.15, -0.1) is 0 Å². The lowest BCUT2D eigenvalue weighted by atomic mass is 10.2. The Morgan fingerprint density at radius 3 is 2.77 bits per heavy atom. The van der Waals surface area contributed by atoms with E-state index in [1.807, 2.05) is 6.92 Å². The number of nitrogens with one attached hydrogen (secondary N) is 1. The number of nitrogens with zero attached hydrogens (tertiary/aromatic N) is 1. The third-order valence-corrected chi connectivity index (χ3v) is 2.31. The van der Waals surface area contributed by atoms with Gasteiger partial charge in [-0.25, -0.2) is 0 Å². The first-order chi connectivity index (χ1) is 6.16. The van der Waals surface area contributed by atoms with E-state index < -0.39 is 0 Å². The van der Waals surface area contributed by atoms with Gasteiger partial charge in [-0.1, -0.05) is 0 Å². The van der Waals surface area contributed by atoms with E-state index in [9.17, 15) is 9.59 Å². The van der Waals surface area contributed by atoms with E-state index in [1.54, 1.807) is 4.90 Å². The maximum Gasteiger partial charge on any atom is 0.242 e. The molecule has 1 unspecified atom stereocenters. The van der Waals surface area contributed by atoms with Gasteiger partial charge in [0, 0.05) is 20.0 Å². The van der Waals surface area contributed by atoms with Gasteiger partial charge in [0.1, 0.15) is 6.04 Å². The normalized spacial score (nSPS) is 21.7. The molecule has 0 aromatic carbocycles. The van der Waals surface area contributed by atoms with Crippen LogP contribution in [0.1, 0.15) is 26.7 Å². The molecule has 1 fully saturated rings. The molecule has 74 valence electrons.